The first-order valence-corrected chi connectivity index (χ1v) is 8.80. The first-order valence-electron chi connectivity index (χ1n) is 8.80. The van der Waals surface area contributed by atoms with Crippen LogP contribution in [0.1, 0.15) is 24.5 Å². The van der Waals surface area contributed by atoms with Crippen molar-refractivity contribution in [1.82, 2.24) is 10.3 Å². The van der Waals surface area contributed by atoms with E-state index in [1.54, 1.807) is 31.2 Å². The van der Waals surface area contributed by atoms with Gasteiger partial charge in [0.25, 0.3) is 5.91 Å². The van der Waals surface area contributed by atoms with Crippen LogP contribution in [0.15, 0.2) is 53.6 Å². The number of rotatable bonds is 7. The number of amides is 3. The van der Waals surface area contributed by atoms with Crippen LogP contribution in [0.2, 0.25) is 0 Å². The van der Waals surface area contributed by atoms with Gasteiger partial charge in [-0.05, 0) is 35.7 Å². The van der Waals surface area contributed by atoms with Crippen LogP contribution in [0, 0.1) is 0 Å². The Bertz CT molecular complexity index is 937. The average molecular weight is 403 g/mol. The van der Waals surface area contributed by atoms with Gasteiger partial charge in [0.15, 0.2) is 11.5 Å². The lowest BCUT2D eigenvalue weighted by Crippen LogP contribution is -2.43. The van der Waals surface area contributed by atoms with Crippen molar-refractivity contribution in [2.45, 2.75) is 25.5 Å². The molecule has 0 aliphatic carbocycles. The zero-order valence-electron chi connectivity index (χ0n) is 15.8. The van der Waals surface area contributed by atoms with E-state index in [0.717, 1.165) is 5.01 Å². The maximum Gasteiger partial charge on any atom is 0.387 e. The third-order valence-electron chi connectivity index (χ3n) is 4.59. The van der Waals surface area contributed by atoms with Crippen LogP contribution in [0.5, 0.6) is 11.5 Å². The maximum absolute atomic E-state index is 13.0. The highest BCUT2D eigenvalue weighted by Crippen LogP contribution is 2.33. The standard InChI is InChI=1S/C20H19F2N3O4/c1-3-20(14-7-5-4-6-8-14)17(26)25(19(27)24-20)23-12-13-9-10-15(29-18(21)22)16(11-13)28-2/h4-12,18H,3H2,1-2H3,(H,24,27)/b23-12-/t20-/m1/s1. The highest BCUT2D eigenvalue weighted by molar-refractivity contribution is 6.07. The van der Waals surface area contributed by atoms with Gasteiger partial charge in [-0.2, -0.15) is 13.9 Å². The molecule has 3 rings (SSSR count). The molecule has 152 valence electrons. The van der Waals surface area contributed by atoms with Gasteiger partial charge in [0, 0.05) is 0 Å². The van der Waals surface area contributed by atoms with Crippen molar-refractivity contribution in [3.63, 3.8) is 0 Å². The number of hydrogen-bond acceptors (Lipinski definition) is 5. The molecule has 0 saturated carbocycles. The molecule has 9 heteroatoms. The van der Waals surface area contributed by atoms with E-state index in [9.17, 15) is 18.4 Å². The summed E-state index contributed by atoms with van der Waals surface area (Å²) in [7, 11) is 1.31. The number of carbonyl (C=O) groups excluding carboxylic acids is 2. The average Bonchev–Trinajstić information content (AvgIpc) is 2.97. The summed E-state index contributed by atoms with van der Waals surface area (Å²) in [6.07, 6.45) is 1.62. The lowest BCUT2D eigenvalue weighted by Gasteiger charge is -2.24. The summed E-state index contributed by atoms with van der Waals surface area (Å²) in [5.41, 5.74) is -0.103. The molecule has 0 radical (unpaired) electrons. The van der Waals surface area contributed by atoms with E-state index in [1.165, 1.54) is 31.5 Å². The van der Waals surface area contributed by atoms with Crippen molar-refractivity contribution in [1.29, 1.82) is 0 Å². The van der Waals surface area contributed by atoms with E-state index in [-0.39, 0.29) is 11.5 Å². The number of imide groups is 1. The van der Waals surface area contributed by atoms with Crippen LogP contribution < -0.4 is 14.8 Å². The Labute approximate surface area is 165 Å². The van der Waals surface area contributed by atoms with E-state index >= 15 is 0 Å². The lowest BCUT2D eigenvalue weighted by molar-refractivity contribution is -0.131. The van der Waals surface area contributed by atoms with Crippen molar-refractivity contribution in [3.05, 3.63) is 59.7 Å². The van der Waals surface area contributed by atoms with Crippen LogP contribution >= 0.6 is 0 Å². The van der Waals surface area contributed by atoms with Crippen LogP contribution in [0.3, 0.4) is 0 Å². The van der Waals surface area contributed by atoms with Crippen molar-refractivity contribution >= 4 is 18.2 Å². The SMILES string of the molecule is CC[C@]1(c2ccccc2)NC(=O)N(/N=C\c2ccc(OC(F)F)c(OC)c2)C1=O. The first-order chi connectivity index (χ1) is 13.9. The summed E-state index contributed by atoms with van der Waals surface area (Å²) < 4.78 is 34.3. The molecule has 1 saturated heterocycles. The summed E-state index contributed by atoms with van der Waals surface area (Å²) in [5.74, 6) is -0.570. The highest BCUT2D eigenvalue weighted by Gasteiger charge is 2.51. The Balaban J connectivity index is 1.86. The molecule has 0 unspecified atom stereocenters. The van der Waals surface area contributed by atoms with Gasteiger partial charge < -0.3 is 14.8 Å². The largest absolute Gasteiger partial charge is 0.493 e. The normalized spacial score (nSPS) is 19.1. The number of hydrogen-bond donors (Lipinski definition) is 1. The Hall–Kier alpha value is -3.49. The number of nitrogens with zero attached hydrogens (tertiary/aromatic N) is 2. The van der Waals surface area contributed by atoms with Gasteiger partial charge in [-0.3, -0.25) is 4.79 Å². The minimum absolute atomic E-state index is 0.0682. The van der Waals surface area contributed by atoms with E-state index in [4.69, 9.17) is 4.74 Å². The smallest absolute Gasteiger partial charge is 0.387 e. The Morgan fingerprint density at radius 3 is 2.52 bits per heavy atom. The zero-order chi connectivity index (χ0) is 21.0. The quantitative estimate of drug-likeness (QED) is 0.567. The maximum atomic E-state index is 13.0. The molecule has 1 N–H and O–H groups in total. The van der Waals surface area contributed by atoms with Crippen molar-refractivity contribution < 1.29 is 27.8 Å². The van der Waals surface area contributed by atoms with E-state index in [2.05, 4.69) is 15.2 Å². The van der Waals surface area contributed by atoms with Gasteiger partial charge in [0.05, 0.1) is 13.3 Å². The van der Waals surface area contributed by atoms with Crippen molar-refractivity contribution in [3.8, 4) is 11.5 Å². The fourth-order valence-electron chi connectivity index (χ4n) is 3.11. The fourth-order valence-corrected chi connectivity index (χ4v) is 3.11. The predicted molar refractivity (Wildman–Crippen MR) is 101 cm³/mol. The fraction of sp³-hybridized carbons (Fsp3) is 0.250. The third-order valence-corrected chi connectivity index (χ3v) is 4.59. The Kier molecular flexibility index (Phi) is 5.76. The minimum Gasteiger partial charge on any atom is -0.493 e. The van der Waals surface area contributed by atoms with Gasteiger partial charge >= 0.3 is 12.6 Å². The molecule has 0 aromatic heterocycles. The molecule has 0 spiro atoms. The van der Waals surface area contributed by atoms with Crippen LogP contribution in [-0.4, -0.2) is 36.9 Å². The molecule has 1 heterocycles. The molecule has 3 amide bonds. The number of ether oxygens (including phenoxy) is 2. The summed E-state index contributed by atoms with van der Waals surface area (Å²) in [6.45, 7) is -1.19. The molecular formula is C20H19F2N3O4. The number of nitrogens with one attached hydrogen (secondary N) is 1. The molecule has 7 nitrogen and oxygen atoms in total. The summed E-state index contributed by atoms with van der Waals surface area (Å²) in [5, 5.41) is 7.47. The zero-order valence-corrected chi connectivity index (χ0v) is 15.8. The molecule has 1 atom stereocenters. The molecule has 1 fully saturated rings. The van der Waals surface area contributed by atoms with E-state index < -0.39 is 24.1 Å². The highest BCUT2D eigenvalue weighted by atomic mass is 19.3. The first kappa shape index (κ1) is 20.2. The van der Waals surface area contributed by atoms with Gasteiger partial charge in [-0.15, -0.1) is 5.01 Å². The second kappa shape index (κ2) is 8.26. The third kappa shape index (κ3) is 3.89. The Morgan fingerprint density at radius 2 is 1.90 bits per heavy atom. The molecule has 2 aromatic rings. The number of methoxy groups -OCH3 is 1. The molecule has 1 aliphatic heterocycles. The van der Waals surface area contributed by atoms with Crippen LogP contribution in [0.25, 0.3) is 0 Å². The number of benzene rings is 2. The van der Waals surface area contributed by atoms with Gasteiger partial charge in [-0.1, -0.05) is 37.3 Å². The Morgan fingerprint density at radius 1 is 1.17 bits per heavy atom. The molecule has 29 heavy (non-hydrogen) atoms. The second-order valence-electron chi connectivity index (χ2n) is 6.21. The number of hydrazone groups is 1. The number of alkyl halides is 2. The van der Waals surface area contributed by atoms with Gasteiger partial charge in [-0.25, -0.2) is 4.79 Å². The molecular weight excluding hydrogens is 384 g/mol. The number of halogens is 2. The van der Waals surface area contributed by atoms with Gasteiger partial charge in [0.2, 0.25) is 0 Å². The number of carbonyl (C=O) groups is 2. The van der Waals surface area contributed by atoms with E-state index in [1.807, 2.05) is 6.07 Å². The molecule has 0 bridgehead atoms. The summed E-state index contributed by atoms with van der Waals surface area (Å²) in [4.78, 5) is 25.4. The lowest BCUT2D eigenvalue weighted by atomic mass is 9.87. The topological polar surface area (TPSA) is 80.2 Å². The van der Waals surface area contributed by atoms with Crippen LogP contribution in [-0.2, 0) is 10.3 Å². The van der Waals surface area contributed by atoms with E-state index in [0.29, 0.717) is 17.5 Å². The van der Waals surface area contributed by atoms with Crippen molar-refractivity contribution in [2.75, 3.05) is 7.11 Å². The molecule has 2 aromatic carbocycles. The summed E-state index contributed by atoms with van der Waals surface area (Å²) >= 11 is 0. The van der Waals surface area contributed by atoms with Gasteiger partial charge in [0.1, 0.15) is 5.54 Å². The van der Waals surface area contributed by atoms with Crippen molar-refractivity contribution in [2.24, 2.45) is 5.10 Å². The number of urea groups is 1. The predicted octanol–water partition coefficient (Wildman–Crippen LogP) is 3.49. The second-order valence-corrected chi connectivity index (χ2v) is 6.21. The minimum atomic E-state index is -2.99. The summed E-state index contributed by atoms with van der Waals surface area (Å²) in [6, 6.07) is 12.4. The van der Waals surface area contributed by atoms with Crippen LogP contribution in [0.4, 0.5) is 13.6 Å². The monoisotopic (exact) mass is 403 g/mol. The molecule has 1 aliphatic rings.